The first kappa shape index (κ1) is 24.1. The smallest absolute Gasteiger partial charge is 0.183 e. The molecule has 2 radical (unpaired) electrons. The normalized spacial score (nSPS) is 23.1. The number of nitriles is 1. The zero-order chi connectivity index (χ0) is 25.4. The number of fused-ring (bicyclic) bond motifs is 2. The Morgan fingerprint density at radius 3 is 2.76 bits per heavy atom. The topological polar surface area (TPSA) is 84.7 Å². The summed E-state index contributed by atoms with van der Waals surface area (Å²) < 4.78 is 6.38. The number of anilines is 2. The van der Waals surface area contributed by atoms with Crippen molar-refractivity contribution in [2.45, 2.75) is 32.1 Å². The minimum absolute atomic E-state index is 0.111. The van der Waals surface area contributed by atoms with Crippen molar-refractivity contribution in [3.05, 3.63) is 53.6 Å². The van der Waals surface area contributed by atoms with Gasteiger partial charge in [-0.3, -0.25) is 14.9 Å². The molecule has 2 atom stereocenters. The van der Waals surface area contributed by atoms with Gasteiger partial charge in [-0.05, 0) is 37.7 Å². The summed E-state index contributed by atoms with van der Waals surface area (Å²) in [5.74, 6) is 0.971. The summed E-state index contributed by atoms with van der Waals surface area (Å²) in [4.78, 5) is 23.1. The van der Waals surface area contributed by atoms with Gasteiger partial charge in [0.05, 0.1) is 40.9 Å². The van der Waals surface area contributed by atoms with Gasteiger partial charge < -0.3 is 19.3 Å². The number of piperazine rings is 1. The SMILES string of the molecule is [B]N1CCc2nc(N3CCN(CC4CN(c5ccc(C#N)c6ncccc56)CC(C)O4)CC3)cnc2C1. The van der Waals surface area contributed by atoms with Gasteiger partial charge in [0.25, 0.3) is 0 Å². The minimum Gasteiger partial charge on any atom is -0.370 e. The molecule has 5 heterocycles. The van der Waals surface area contributed by atoms with Crippen molar-refractivity contribution < 1.29 is 4.74 Å². The van der Waals surface area contributed by atoms with Gasteiger partial charge in [0.1, 0.15) is 11.9 Å². The summed E-state index contributed by atoms with van der Waals surface area (Å²) in [5.41, 5.74) is 4.57. The highest BCUT2D eigenvalue weighted by atomic mass is 16.5. The van der Waals surface area contributed by atoms with Crippen LogP contribution in [-0.2, 0) is 17.7 Å². The van der Waals surface area contributed by atoms with Crippen molar-refractivity contribution in [2.24, 2.45) is 0 Å². The van der Waals surface area contributed by atoms with Gasteiger partial charge in [-0.2, -0.15) is 5.26 Å². The summed E-state index contributed by atoms with van der Waals surface area (Å²) in [6.45, 7) is 9.94. The molecule has 1 aromatic carbocycles. The molecule has 0 spiro atoms. The molecule has 2 fully saturated rings. The first-order valence-corrected chi connectivity index (χ1v) is 13.1. The third-order valence-electron chi connectivity index (χ3n) is 7.60. The van der Waals surface area contributed by atoms with Gasteiger partial charge in [0, 0.05) is 76.0 Å². The fourth-order valence-electron chi connectivity index (χ4n) is 5.76. The van der Waals surface area contributed by atoms with E-state index in [0.717, 1.165) is 92.6 Å². The fourth-order valence-corrected chi connectivity index (χ4v) is 5.76. The van der Waals surface area contributed by atoms with Gasteiger partial charge >= 0.3 is 0 Å². The third-order valence-corrected chi connectivity index (χ3v) is 7.60. The Balaban J connectivity index is 1.10. The van der Waals surface area contributed by atoms with Crippen LogP contribution in [0.5, 0.6) is 0 Å². The Labute approximate surface area is 219 Å². The lowest BCUT2D eigenvalue weighted by molar-refractivity contribution is -0.0327. The number of benzene rings is 1. The van der Waals surface area contributed by atoms with E-state index in [1.807, 2.05) is 18.3 Å². The van der Waals surface area contributed by atoms with E-state index in [2.05, 4.69) is 49.8 Å². The van der Waals surface area contributed by atoms with Crippen molar-refractivity contribution in [1.82, 2.24) is 24.7 Å². The highest BCUT2D eigenvalue weighted by molar-refractivity contribution is 6.04. The maximum absolute atomic E-state index is 9.51. The van der Waals surface area contributed by atoms with Crippen LogP contribution in [-0.4, -0.2) is 97.2 Å². The maximum atomic E-state index is 9.51. The Morgan fingerprint density at radius 2 is 1.92 bits per heavy atom. The number of pyridine rings is 1. The van der Waals surface area contributed by atoms with Crippen LogP contribution in [0, 0.1) is 11.3 Å². The van der Waals surface area contributed by atoms with Crippen LogP contribution in [0.3, 0.4) is 0 Å². The quantitative estimate of drug-likeness (QED) is 0.504. The van der Waals surface area contributed by atoms with Crippen LogP contribution in [0.4, 0.5) is 11.5 Å². The Kier molecular flexibility index (Phi) is 6.68. The lowest BCUT2D eigenvalue weighted by Gasteiger charge is -2.42. The van der Waals surface area contributed by atoms with E-state index in [1.165, 1.54) is 0 Å². The summed E-state index contributed by atoms with van der Waals surface area (Å²) in [6, 6.07) is 10.2. The van der Waals surface area contributed by atoms with Crippen LogP contribution >= 0.6 is 0 Å². The number of nitrogens with zero attached hydrogens (tertiary/aromatic N) is 8. The van der Waals surface area contributed by atoms with Crippen molar-refractivity contribution in [3.8, 4) is 6.07 Å². The van der Waals surface area contributed by atoms with Crippen LogP contribution < -0.4 is 9.80 Å². The molecule has 0 saturated carbocycles. The average Bonchev–Trinajstić information content (AvgIpc) is 2.92. The predicted octanol–water partition coefficient (Wildman–Crippen LogP) is 1.75. The number of hydrogen-bond acceptors (Lipinski definition) is 9. The minimum atomic E-state index is 0.111. The molecule has 2 aromatic heterocycles. The number of ether oxygens (including phenoxy) is 1. The van der Waals surface area contributed by atoms with E-state index in [4.69, 9.17) is 17.7 Å². The summed E-state index contributed by atoms with van der Waals surface area (Å²) in [7, 11) is 5.93. The molecule has 188 valence electrons. The second-order valence-electron chi connectivity index (χ2n) is 10.2. The van der Waals surface area contributed by atoms with E-state index < -0.39 is 0 Å². The van der Waals surface area contributed by atoms with E-state index in [9.17, 15) is 5.26 Å². The predicted molar refractivity (Wildman–Crippen MR) is 144 cm³/mol. The molecule has 0 amide bonds. The highest BCUT2D eigenvalue weighted by Crippen LogP contribution is 2.30. The van der Waals surface area contributed by atoms with Crippen molar-refractivity contribution >= 4 is 30.4 Å². The molecule has 10 heteroatoms. The van der Waals surface area contributed by atoms with Crippen LogP contribution in [0.15, 0.2) is 36.7 Å². The lowest BCUT2D eigenvalue weighted by atomic mass is 10.1. The van der Waals surface area contributed by atoms with Gasteiger partial charge in [-0.25, -0.2) is 4.98 Å². The maximum Gasteiger partial charge on any atom is 0.183 e. The van der Waals surface area contributed by atoms with E-state index in [0.29, 0.717) is 12.1 Å². The molecule has 6 rings (SSSR count). The molecule has 0 N–H and O–H groups in total. The monoisotopic (exact) mass is 494 g/mol. The molecular weight excluding hydrogens is 463 g/mol. The highest BCUT2D eigenvalue weighted by Gasteiger charge is 2.30. The Hall–Kier alpha value is -3.26. The zero-order valence-electron chi connectivity index (χ0n) is 21.3. The molecule has 3 aliphatic heterocycles. The third kappa shape index (κ3) is 4.99. The van der Waals surface area contributed by atoms with Crippen LogP contribution in [0.25, 0.3) is 10.9 Å². The second-order valence-corrected chi connectivity index (χ2v) is 10.2. The number of hydrogen-bond donors (Lipinski definition) is 0. The first-order chi connectivity index (χ1) is 18.1. The molecule has 9 nitrogen and oxygen atoms in total. The summed E-state index contributed by atoms with van der Waals surface area (Å²) >= 11 is 0. The number of morpholine rings is 1. The van der Waals surface area contributed by atoms with Crippen molar-refractivity contribution in [1.29, 1.82) is 5.26 Å². The van der Waals surface area contributed by atoms with Gasteiger partial charge in [-0.15, -0.1) is 0 Å². The fraction of sp³-hybridized carbons (Fsp3) is 0.481. The Morgan fingerprint density at radius 1 is 1.05 bits per heavy atom. The first-order valence-electron chi connectivity index (χ1n) is 13.1. The zero-order valence-corrected chi connectivity index (χ0v) is 21.3. The molecule has 0 aliphatic carbocycles. The van der Waals surface area contributed by atoms with Gasteiger partial charge in [-0.1, -0.05) is 0 Å². The van der Waals surface area contributed by atoms with E-state index >= 15 is 0 Å². The summed E-state index contributed by atoms with van der Waals surface area (Å²) in [5, 5.41) is 10.5. The standard InChI is InChI=1S/C27H31BN8O/c1-19-15-35(25-5-4-20(13-29)27-22(25)3-2-7-30-27)17-21(37-19)16-33-9-11-34(12-10-33)26-14-31-24-18-36(28)8-6-23(24)32-26/h2-5,7,14,19,21H,6,8-12,15-18H2,1H3. The molecular formula is C27H31BN8O. The number of aromatic nitrogens is 3. The van der Waals surface area contributed by atoms with Crippen molar-refractivity contribution in [2.75, 3.05) is 62.2 Å². The molecule has 3 aromatic rings. The molecule has 2 saturated heterocycles. The summed E-state index contributed by atoms with van der Waals surface area (Å²) in [6.07, 6.45) is 4.73. The molecule has 2 unspecified atom stereocenters. The Bertz CT molecular complexity index is 1320. The van der Waals surface area contributed by atoms with Gasteiger partial charge in [0.15, 0.2) is 7.98 Å². The molecule has 3 aliphatic rings. The van der Waals surface area contributed by atoms with E-state index in [1.54, 1.807) is 11.0 Å². The largest absolute Gasteiger partial charge is 0.370 e. The second kappa shape index (κ2) is 10.2. The van der Waals surface area contributed by atoms with Crippen LogP contribution in [0.2, 0.25) is 0 Å². The molecule has 0 bridgehead atoms. The lowest BCUT2D eigenvalue weighted by Crippen LogP contribution is -2.54. The average molecular weight is 494 g/mol. The van der Waals surface area contributed by atoms with Crippen LogP contribution in [0.1, 0.15) is 23.9 Å². The molecule has 37 heavy (non-hydrogen) atoms. The van der Waals surface area contributed by atoms with E-state index in [-0.39, 0.29) is 12.2 Å². The van der Waals surface area contributed by atoms with Gasteiger partial charge in [0.2, 0.25) is 0 Å². The number of rotatable bonds is 4. The van der Waals surface area contributed by atoms with Crippen molar-refractivity contribution in [3.63, 3.8) is 0 Å².